The van der Waals surface area contributed by atoms with Crippen molar-refractivity contribution in [3.63, 3.8) is 0 Å². The van der Waals surface area contributed by atoms with E-state index in [9.17, 15) is 0 Å². The average molecular weight is 340 g/mol. The second-order valence-corrected chi connectivity index (χ2v) is 6.88. The molecule has 3 heteroatoms. The Morgan fingerprint density at radius 3 is 2.35 bits per heavy atom. The predicted octanol–water partition coefficient (Wildman–Crippen LogP) is 5.24. The molecule has 0 radical (unpaired) electrons. The standard InChI is InChI=1S/C23H20N2O/c1-16-9-5-6-12-18(16)23-25-21(19-13-7-8-14-22(19)26-23)15-20(24-25)17-10-3-2-4-11-17/h2-14,21,23H,15H2,1H3/t21-,23+/m0/s1. The molecule has 0 N–H and O–H groups in total. The monoisotopic (exact) mass is 340 g/mol. The lowest BCUT2D eigenvalue weighted by atomic mass is 9.95. The van der Waals surface area contributed by atoms with E-state index >= 15 is 0 Å². The zero-order chi connectivity index (χ0) is 17.5. The Morgan fingerprint density at radius 1 is 0.846 bits per heavy atom. The summed E-state index contributed by atoms with van der Waals surface area (Å²) in [4.78, 5) is 0. The van der Waals surface area contributed by atoms with E-state index < -0.39 is 0 Å². The minimum absolute atomic E-state index is 0.197. The van der Waals surface area contributed by atoms with Crippen molar-refractivity contribution in [3.8, 4) is 5.75 Å². The van der Waals surface area contributed by atoms with Gasteiger partial charge in [0.15, 0.2) is 0 Å². The van der Waals surface area contributed by atoms with Gasteiger partial charge in [0, 0.05) is 17.5 Å². The minimum atomic E-state index is -0.197. The maximum absolute atomic E-state index is 6.42. The molecule has 2 atom stereocenters. The molecule has 0 spiro atoms. The smallest absolute Gasteiger partial charge is 0.214 e. The number of hydrogen-bond acceptors (Lipinski definition) is 3. The predicted molar refractivity (Wildman–Crippen MR) is 103 cm³/mol. The highest BCUT2D eigenvalue weighted by Crippen LogP contribution is 2.47. The fraction of sp³-hybridized carbons (Fsp3) is 0.174. The molecule has 2 aliphatic rings. The molecule has 2 aliphatic heterocycles. The molecular weight excluding hydrogens is 320 g/mol. The summed E-state index contributed by atoms with van der Waals surface area (Å²) in [5, 5.41) is 7.15. The summed E-state index contributed by atoms with van der Waals surface area (Å²) in [5.74, 6) is 0.964. The molecule has 2 heterocycles. The van der Waals surface area contributed by atoms with E-state index in [2.05, 4.69) is 78.7 Å². The van der Waals surface area contributed by atoms with E-state index in [1.54, 1.807) is 0 Å². The van der Waals surface area contributed by atoms with Crippen LogP contribution in [0.15, 0.2) is 84.0 Å². The topological polar surface area (TPSA) is 24.8 Å². The fourth-order valence-corrected chi connectivity index (χ4v) is 3.91. The molecular formula is C23H20N2O. The molecule has 5 rings (SSSR count). The Morgan fingerprint density at radius 2 is 1.54 bits per heavy atom. The number of fused-ring (bicyclic) bond motifs is 3. The maximum Gasteiger partial charge on any atom is 0.214 e. The summed E-state index contributed by atoms with van der Waals surface area (Å²) in [5.41, 5.74) is 5.91. The molecule has 0 unspecified atom stereocenters. The second kappa shape index (κ2) is 6.03. The zero-order valence-electron chi connectivity index (χ0n) is 14.7. The lowest BCUT2D eigenvalue weighted by Crippen LogP contribution is -2.34. The van der Waals surface area contributed by atoms with Crippen molar-refractivity contribution in [3.05, 3.63) is 101 Å². The quantitative estimate of drug-likeness (QED) is 0.637. The molecule has 3 nitrogen and oxygen atoms in total. The molecule has 3 aromatic carbocycles. The Balaban J connectivity index is 1.63. The van der Waals surface area contributed by atoms with Gasteiger partial charge in [0.05, 0.1) is 11.8 Å². The highest BCUT2D eigenvalue weighted by atomic mass is 16.5. The van der Waals surface area contributed by atoms with Gasteiger partial charge in [-0.25, -0.2) is 5.01 Å². The van der Waals surface area contributed by atoms with Gasteiger partial charge in [0.1, 0.15) is 5.75 Å². The molecule has 0 fully saturated rings. The molecule has 0 saturated heterocycles. The zero-order valence-corrected chi connectivity index (χ0v) is 14.7. The van der Waals surface area contributed by atoms with Crippen LogP contribution in [0.2, 0.25) is 0 Å². The summed E-state index contributed by atoms with van der Waals surface area (Å²) >= 11 is 0. The summed E-state index contributed by atoms with van der Waals surface area (Å²) in [7, 11) is 0. The summed E-state index contributed by atoms with van der Waals surface area (Å²) < 4.78 is 6.42. The van der Waals surface area contributed by atoms with Crippen molar-refractivity contribution in [1.82, 2.24) is 5.01 Å². The number of hydrazone groups is 1. The van der Waals surface area contributed by atoms with Gasteiger partial charge in [0.2, 0.25) is 6.23 Å². The van der Waals surface area contributed by atoms with Crippen molar-refractivity contribution in [1.29, 1.82) is 0 Å². The first kappa shape index (κ1) is 15.2. The number of para-hydroxylation sites is 1. The van der Waals surface area contributed by atoms with Crippen LogP contribution < -0.4 is 4.74 Å². The van der Waals surface area contributed by atoms with Crippen LogP contribution in [0.25, 0.3) is 0 Å². The van der Waals surface area contributed by atoms with Crippen molar-refractivity contribution in [2.45, 2.75) is 25.6 Å². The van der Waals surface area contributed by atoms with Crippen LogP contribution in [-0.2, 0) is 0 Å². The largest absolute Gasteiger partial charge is 0.464 e. The third-order valence-electron chi connectivity index (χ3n) is 5.26. The number of benzene rings is 3. The van der Waals surface area contributed by atoms with Gasteiger partial charge in [-0.15, -0.1) is 0 Å². The molecule has 0 bridgehead atoms. The first-order valence-corrected chi connectivity index (χ1v) is 9.03. The van der Waals surface area contributed by atoms with Gasteiger partial charge in [0.25, 0.3) is 0 Å². The van der Waals surface area contributed by atoms with Gasteiger partial charge in [-0.05, 0) is 24.1 Å². The number of rotatable bonds is 2. The summed E-state index contributed by atoms with van der Waals surface area (Å²) in [6.07, 6.45) is 0.699. The number of nitrogens with zero attached hydrogens (tertiary/aromatic N) is 2. The van der Waals surface area contributed by atoms with Crippen LogP contribution in [0.4, 0.5) is 0 Å². The number of aryl methyl sites for hydroxylation is 1. The van der Waals surface area contributed by atoms with Crippen LogP contribution >= 0.6 is 0 Å². The minimum Gasteiger partial charge on any atom is -0.464 e. The third-order valence-corrected chi connectivity index (χ3v) is 5.26. The van der Waals surface area contributed by atoms with Crippen LogP contribution in [-0.4, -0.2) is 10.7 Å². The van der Waals surface area contributed by atoms with E-state index in [0.717, 1.165) is 17.9 Å². The van der Waals surface area contributed by atoms with Gasteiger partial charge in [-0.3, -0.25) is 0 Å². The average Bonchev–Trinajstić information content (AvgIpc) is 3.14. The van der Waals surface area contributed by atoms with Crippen LogP contribution in [0.5, 0.6) is 5.75 Å². The van der Waals surface area contributed by atoms with Crippen LogP contribution in [0.3, 0.4) is 0 Å². The van der Waals surface area contributed by atoms with Gasteiger partial charge in [-0.2, -0.15) is 5.10 Å². The SMILES string of the molecule is Cc1ccccc1[C@H]1Oc2ccccc2[C@@H]2CC(c3ccccc3)=NN12. The lowest BCUT2D eigenvalue weighted by Gasteiger charge is -2.38. The van der Waals surface area contributed by atoms with E-state index in [-0.39, 0.29) is 12.3 Å². The van der Waals surface area contributed by atoms with Gasteiger partial charge >= 0.3 is 0 Å². The third kappa shape index (κ3) is 2.39. The van der Waals surface area contributed by atoms with E-state index in [1.807, 2.05) is 12.1 Å². The summed E-state index contributed by atoms with van der Waals surface area (Å²) in [6.45, 7) is 2.13. The first-order valence-electron chi connectivity index (χ1n) is 9.03. The normalized spacial score (nSPS) is 20.8. The second-order valence-electron chi connectivity index (χ2n) is 6.88. The van der Waals surface area contributed by atoms with Crippen molar-refractivity contribution >= 4 is 5.71 Å². The van der Waals surface area contributed by atoms with Crippen molar-refractivity contribution < 1.29 is 4.74 Å². The van der Waals surface area contributed by atoms with Crippen molar-refractivity contribution in [2.24, 2.45) is 5.10 Å². The number of hydrogen-bond donors (Lipinski definition) is 0. The van der Waals surface area contributed by atoms with Gasteiger partial charge < -0.3 is 4.74 Å². The Hall–Kier alpha value is -3.07. The lowest BCUT2D eigenvalue weighted by molar-refractivity contribution is -0.0194. The first-order chi connectivity index (χ1) is 12.8. The molecule has 0 amide bonds. The van der Waals surface area contributed by atoms with Gasteiger partial charge in [-0.1, -0.05) is 72.8 Å². The molecule has 26 heavy (non-hydrogen) atoms. The van der Waals surface area contributed by atoms with Crippen molar-refractivity contribution in [2.75, 3.05) is 0 Å². The van der Waals surface area contributed by atoms with Crippen LogP contribution in [0.1, 0.15) is 40.9 Å². The molecule has 0 aliphatic carbocycles. The highest BCUT2D eigenvalue weighted by Gasteiger charge is 2.41. The number of ether oxygens (including phenoxy) is 1. The summed E-state index contributed by atoms with van der Waals surface area (Å²) in [6, 6.07) is 27.4. The maximum atomic E-state index is 6.42. The Labute approximate surface area is 153 Å². The van der Waals surface area contributed by atoms with E-state index in [4.69, 9.17) is 9.84 Å². The molecule has 0 aromatic heterocycles. The van der Waals surface area contributed by atoms with Crippen LogP contribution in [0, 0.1) is 6.92 Å². The molecule has 0 saturated carbocycles. The molecule has 3 aromatic rings. The molecule has 128 valence electrons. The highest BCUT2D eigenvalue weighted by molar-refractivity contribution is 6.01. The van der Waals surface area contributed by atoms with E-state index in [0.29, 0.717) is 0 Å². The fourth-order valence-electron chi connectivity index (χ4n) is 3.91. The Kier molecular flexibility index (Phi) is 3.52. The Bertz CT molecular complexity index is 980. The van der Waals surface area contributed by atoms with E-state index in [1.165, 1.54) is 22.3 Å².